The van der Waals surface area contributed by atoms with Crippen molar-refractivity contribution >= 4 is 28.5 Å². The lowest BCUT2D eigenvalue weighted by molar-refractivity contribution is 0.288. The number of ether oxygens (including phenoxy) is 2. The van der Waals surface area contributed by atoms with Crippen molar-refractivity contribution in [3.05, 3.63) is 11.8 Å². The summed E-state index contributed by atoms with van der Waals surface area (Å²) in [6, 6.07) is 2.03. The van der Waals surface area contributed by atoms with Crippen molar-refractivity contribution < 1.29 is 18.6 Å². The Morgan fingerprint density at radius 3 is 2.42 bits per heavy atom. The van der Waals surface area contributed by atoms with Gasteiger partial charge in [-0.3, -0.25) is 4.57 Å². The van der Waals surface area contributed by atoms with Crippen molar-refractivity contribution in [3.63, 3.8) is 0 Å². The van der Waals surface area contributed by atoms with E-state index in [0.717, 1.165) is 6.42 Å². The molecule has 9 heteroatoms. The van der Waals surface area contributed by atoms with Gasteiger partial charge >= 0.3 is 11.8 Å². The summed E-state index contributed by atoms with van der Waals surface area (Å²) < 4.78 is 29.4. The van der Waals surface area contributed by atoms with Gasteiger partial charge in [0, 0.05) is 17.1 Å². The molecule has 0 amide bonds. The van der Waals surface area contributed by atoms with Gasteiger partial charge in [-0.1, -0.05) is 36.6 Å². The molecule has 0 aliphatic rings. The smallest absolute Gasteiger partial charge is 0.319 e. The Labute approximate surface area is 152 Å². The van der Waals surface area contributed by atoms with E-state index in [9.17, 15) is 4.57 Å². The largest absolute Gasteiger partial charge is 0.478 e. The Morgan fingerprint density at radius 1 is 1.12 bits per heavy atom. The topological polar surface area (TPSA) is 70.5 Å². The molecule has 0 saturated carbocycles. The number of aromatic nitrogens is 2. The molecule has 1 aromatic rings. The van der Waals surface area contributed by atoms with Crippen LogP contribution in [0.15, 0.2) is 6.07 Å². The minimum atomic E-state index is -2.83. The van der Waals surface area contributed by atoms with Gasteiger partial charge in [-0.15, -0.1) is 0 Å². The van der Waals surface area contributed by atoms with E-state index >= 15 is 0 Å². The predicted octanol–water partition coefficient (Wildman–Crippen LogP) is 5.18. The van der Waals surface area contributed by atoms with Gasteiger partial charge in [-0.05, 0) is 27.2 Å². The molecule has 0 aliphatic heterocycles. The SMILES string of the molecule is CCOc1cc(CSP(=O)(OCC)SC(C)CC)nc(OCC)n1. The molecule has 138 valence electrons. The Hall–Kier alpha value is -0.430. The van der Waals surface area contributed by atoms with Crippen LogP contribution in [0.1, 0.15) is 46.7 Å². The van der Waals surface area contributed by atoms with E-state index < -0.39 is 5.77 Å². The van der Waals surface area contributed by atoms with Gasteiger partial charge in [0.2, 0.25) is 5.88 Å². The van der Waals surface area contributed by atoms with Gasteiger partial charge in [0.1, 0.15) is 0 Å². The monoisotopic (exact) mass is 394 g/mol. The average molecular weight is 394 g/mol. The summed E-state index contributed by atoms with van der Waals surface area (Å²) in [7, 11) is 0. The summed E-state index contributed by atoms with van der Waals surface area (Å²) in [6.45, 7) is 11.2. The molecule has 0 saturated heterocycles. The van der Waals surface area contributed by atoms with Gasteiger partial charge in [0.05, 0.1) is 25.5 Å². The average Bonchev–Trinajstić information content (AvgIpc) is 2.54. The molecule has 24 heavy (non-hydrogen) atoms. The number of hydrogen-bond donors (Lipinski definition) is 0. The zero-order valence-corrected chi connectivity index (χ0v) is 17.5. The fourth-order valence-corrected chi connectivity index (χ4v) is 9.38. The summed E-state index contributed by atoms with van der Waals surface area (Å²) in [5.41, 5.74) is 0.714. The van der Waals surface area contributed by atoms with Crippen molar-refractivity contribution in [2.75, 3.05) is 19.8 Å². The molecule has 6 nitrogen and oxygen atoms in total. The first kappa shape index (κ1) is 21.6. The van der Waals surface area contributed by atoms with Crippen LogP contribution in [0.4, 0.5) is 0 Å². The minimum Gasteiger partial charge on any atom is -0.478 e. The van der Waals surface area contributed by atoms with Gasteiger partial charge in [0.25, 0.3) is 0 Å². The first-order valence-corrected chi connectivity index (χ1v) is 12.9. The van der Waals surface area contributed by atoms with Crippen molar-refractivity contribution in [1.29, 1.82) is 0 Å². The molecule has 1 rings (SSSR count). The zero-order valence-electron chi connectivity index (χ0n) is 15.0. The maximum Gasteiger partial charge on any atom is 0.319 e. The predicted molar refractivity (Wildman–Crippen MR) is 102 cm³/mol. The minimum absolute atomic E-state index is 0.276. The van der Waals surface area contributed by atoms with E-state index in [4.69, 9.17) is 14.0 Å². The van der Waals surface area contributed by atoms with Crippen LogP contribution in [0.2, 0.25) is 0 Å². The van der Waals surface area contributed by atoms with Crippen LogP contribution in [0.5, 0.6) is 11.9 Å². The molecule has 2 atom stereocenters. The van der Waals surface area contributed by atoms with Crippen LogP contribution < -0.4 is 9.47 Å². The summed E-state index contributed by atoms with van der Waals surface area (Å²) >= 11 is 2.70. The normalized spacial score (nSPS) is 14.9. The molecule has 0 fully saturated rings. The molecule has 0 aliphatic carbocycles. The van der Waals surface area contributed by atoms with Crippen molar-refractivity contribution in [2.24, 2.45) is 0 Å². The van der Waals surface area contributed by atoms with Crippen LogP contribution in [0.25, 0.3) is 0 Å². The Morgan fingerprint density at radius 2 is 1.83 bits per heavy atom. The lowest BCUT2D eigenvalue weighted by Gasteiger charge is -2.19. The van der Waals surface area contributed by atoms with Crippen LogP contribution in [-0.4, -0.2) is 35.0 Å². The van der Waals surface area contributed by atoms with Crippen LogP contribution in [-0.2, 0) is 14.8 Å². The van der Waals surface area contributed by atoms with E-state index in [1.54, 1.807) is 6.07 Å². The van der Waals surface area contributed by atoms with Gasteiger partial charge in [-0.25, -0.2) is 0 Å². The highest BCUT2D eigenvalue weighted by atomic mass is 33.1. The fraction of sp³-hybridized carbons (Fsp3) is 0.733. The summed E-state index contributed by atoms with van der Waals surface area (Å²) in [5.74, 6) is -1.91. The number of rotatable bonds is 12. The summed E-state index contributed by atoms with van der Waals surface area (Å²) in [5, 5.41) is 0.276. The maximum atomic E-state index is 13.0. The molecule has 0 N–H and O–H groups in total. The second-order valence-electron chi connectivity index (χ2n) is 4.81. The zero-order chi connectivity index (χ0) is 18.0. The summed E-state index contributed by atoms with van der Waals surface area (Å²) in [4.78, 5) is 8.53. The second kappa shape index (κ2) is 11.2. The lowest BCUT2D eigenvalue weighted by atomic mass is 10.4. The lowest BCUT2D eigenvalue weighted by Crippen LogP contribution is -2.03. The van der Waals surface area contributed by atoms with E-state index in [1.807, 2.05) is 20.8 Å². The quantitative estimate of drug-likeness (QED) is 0.449. The molecule has 0 aromatic carbocycles. The first-order chi connectivity index (χ1) is 11.5. The highest BCUT2D eigenvalue weighted by molar-refractivity contribution is 8.89. The van der Waals surface area contributed by atoms with E-state index in [0.29, 0.717) is 37.1 Å². The van der Waals surface area contributed by atoms with Crippen molar-refractivity contribution in [2.45, 2.75) is 52.0 Å². The van der Waals surface area contributed by atoms with E-state index in [-0.39, 0.29) is 11.3 Å². The third kappa shape index (κ3) is 7.64. The van der Waals surface area contributed by atoms with Gasteiger partial charge in [-0.2, -0.15) is 9.97 Å². The third-order valence-corrected chi connectivity index (χ3v) is 10.7. The first-order valence-electron chi connectivity index (χ1n) is 8.17. The molecule has 1 aromatic heterocycles. The standard InChI is InChI=1S/C15H27N2O4PS2/c1-6-12(5)24-22(18,21-9-4)23-11-13-10-14(19-7-2)17-15(16-13)20-8-3/h10,12H,6-9,11H2,1-5H3. The number of hydrogen-bond acceptors (Lipinski definition) is 8. The van der Waals surface area contributed by atoms with E-state index in [1.165, 1.54) is 22.8 Å². The van der Waals surface area contributed by atoms with Crippen LogP contribution in [0, 0.1) is 0 Å². The Kier molecular flexibility index (Phi) is 10.1. The van der Waals surface area contributed by atoms with E-state index in [2.05, 4.69) is 23.8 Å². The third-order valence-electron chi connectivity index (χ3n) is 2.84. The Bertz CT molecular complexity index is 524. The van der Waals surface area contributed by atoms with Gasteiger partial charge < -0.3 is 14.0 Å². The molecule has 0 spiro atoms. The highest BCUT2D eigenvalue weighted by Crippen LogP contribution is 2.72. The highest BCUT2D eigenvalue weighted by Gasteiger charge is 2.27. The van der Waals surface area contributed by atoms with Crippen LogP contribution >= 0.6 is 28.5 Å². The van der Waals surface area contributed by atoms with Crippen molar-refractivity contribution in [3.8, 4) is 11.9 Å². The molecule has 0 bridgehead atoms. The Balaban J connectivity index is 2.86. The molecule has 2 unspecified atom stereocenters. The molecule has 1 heterocycles. The molecular formula is C15H27N2O4PS2. The van der Waals surface area contributed by atoms with Gasteiger partial charge in [0.15, 0.2) is 0 Å². The molecule has 0 radical (unpaired) electrons. The number of nitrogens with zero attached hydrogens (tertiary/aromatic N) is 2. The van der Waals surface area contributed by atoms with Crippen LogP contribution in [0.3, 0.4) is 0 Å². The maximum absolute atomic E-state index is 13.0. The summed E-state index contributed by atoms with van der Waals surface area (Å²) in [6.07, 6.45) is 0.943. The second-order valence-corrected chi connectivity index (χ2v) is 12.5. The molecular weight excluding hydrogens is 367 g/mol. The van der Waals surface area contributed by atoms with Crippen molar-refractivity contribution in [1.82, 2.24) is 9.97 Å². The fourth-order valence-electron chi connectivity index (χ4n) is 1.63.